The molecular formula is C6H13NOS. The van der Waals surface area contributed by atoms with Crippen LogP contribution in [0.2, 0.25) is 0 Å². The van der Waals surface area contributed by atoms with Crippen molar-refractivity contribution in [1.82, 2.24) is 5.32 Å². The minimum Gasteiger partial charge on any atom is -0.471 e. The Labute approximate surface area is 61.6 Å². The molecule has 0 unspecified atom stereocenters. The molecule has 0 aromatic rings. The van der Waals surface area contributed by atoms with E-state index in [0.717, 1.165) is 13.0 Å². The van der Waals surface area contributed by atoms with Gasteiger partial charge in [-0.15, -0.1) is 0 Å². The summed E-state index contributed by atoms with van der Waals surface area (Å²) in [5.74, 6) is 0. The minimum atomic E-state index is 0.513. The first kappa shape index (κ1) is 8.69. The molecule has 1 N–H and O–H groups in total. The zero-order valence-electron chi connectivity index (χ0n) is 5.94. The molecule has 0 amide bonds. The van der Waals surface area contributed by atoms with Gasteiger partial charge in [0.15, 0.2) is 0 Å². The summed E-state index contributed by atoms with van der Waals surface area (Å²) in [6.45, 7) is 5.59. The van der Waals surface area contributed by atoms with Crippen molar-refractivity contribution in [2.75, 3.05) is 13.2 Å². The van der Waals surface area contributed by atoms with Crippen LogP contribution in [0.4, 0.5) is 0 Å². The Morgan fingerprint density at radius 1 is 1.56 bits per heavy atom. The lowest BCUT2D eigenvalue weighted by atomic mass is 10.5. The molecule has 2 nitrogen and oxygen atoms in total. The Kier molecular flexibility index (Phi) is 5.62. The van der Waals surface area contributed by atoms with Gasteiger partial charge in [-0.2, -0.15) is 0 Å². The van der Waals surface area contributed by atoms with Crippen molar-refractivity contribution >= 4 is 17.4 Å². The average molecular weight is 147 g/mol. The van der Waals surface area contributed by atoms with Crippen LogP contribution in [-0.4, -0.2) is 18.3 Å². The molecule has 0 saturated carbocycles. The standard InChI is InChI=1S/C6H13NOS/c1-3-5-8-6(9)7-4-2/h3-5H2,1-2H3,(H,7,9). The monoisotopic (exact) mass is 147 g/mol. The first-order valence-electron chi connectivity index (χ1n) is 3.21. The maximum absolute atomic E-state index is 5.05. The van der Waals surface area contributed by atoms with E-state index in [1.54, 1.807) is 0 Å². The van der Waals surface area contributed by atoms with E-state index in [1.807, 2.05) is 6.92 Å². The summed E-state index contributed by atoms with van der Waals surface area (Å²) < 4.78 is 5.05. The number of nitrogens with one attached hydrogen (secondary N) is 1. The molecule has 0 fully saturated rings. The van der Waals surface area contributed by atoms with Crippen molar-refractivity contribution < 1.29 is 4.74 Å². The Morgan fingerprint density at radius 2 is 2.22 bits per heavy atom. The quantitative estimate of drug-likeness (QED) is 0.608. The second kappa shape index (κ2) is 5.82. The average Bonchev–Trinajstić information content (AvgIpc) is 1.85. The van der Waals surface area contributed by atoms with Gasteiger partial charge in [-0.1, -0.05) is 6.92 Å². The van der Waals surface area contributed by atoms with Crippen LogP contribution in [0.5, 0.6) is 0 Å². The van der Waals surface area contributed by atoms with Crippen LogP contribution in [0.25, 0.3) is 0 Å². The molecule has 0 saturated heterocycles. The molecule has 0 aromatic heterocycles. The van der Waals surface area contributed by atoms with Gasteiger partial charge in [0, 0.05) is 6.54 Å². The summed E-state index contributed by atoms with van der Waals surface area (Å²) in [7, 11) is 0. The molecule has 0 atom stereocenters. The summed E-state index contributed by atoms with van der Waals surface area (Å²) >= 11 is 4.79. The summed E-state index contributed by atoms with van der Waals surface area (Å²) in [6.07, 6.45) is 1.01. The van der Waals surface area contributed by atoms with Crippen LogP contribution < -0.4 is 5.32 Å². The number of hydrogen-bond donors (Lipinski definition) is 1. The van der Waals surface area contributed by atoms with Gasteiger partial charge >= 0.3 is 0 Å². The largest absolute Gasteiger partial charge is 0.471 e. The zero-order valence-corrected chi connectivity index (χ0v) is 6.75. The van der Waals surface area contributed by atoms with Crippen molar-refractivity contribution in [3.8, 4) is 0 Å². The van der Waals surface area contributed by atoms with Crippen LogP contribution in [0.15, 0.2) is 0 Å². The molecular weight excluding hydrogens is 134 g/mol. The van der Waals surface area contributed by atoms with Crippen molar-refractivity contribution in [2.24, 2.45) is 0 Å². The van der Waals surface area contributed by atoms with Crippen LogP contribution in [-0.2, 0) is 4.74 Å². The molecule has 0 aliphatic heterocycles. The highest BCUT2D eigenvalue weighted by atomic mass is 32.1. The number of rotatable bonds is 3. The highest BCUT2D eigenvalue weighted by Gasteiger charge is 1.89. The van der Waals surface area contributed by atoms with Gasteiger partial charge in [0.1, 0.15) is 0 Å². The van der Waals surface area contributed by atoms with Gasteiger partial charge in [-0.25, -0.2) is 0 Å². The molecule has 0 bridgehead atoms. The van der Waals surface area contributed by atoms with E-state index in [9.17, 15) is 0 Å². The Bertz CT molecular complexity index is 85.1. The third-order valence-corrected chi connectivity index (χ3v) is 1.02. The lowest BCUT2D eigenvalue weighted by molar-refractivity contribution is 0.299. The van der Waals surface area contributed by atoms with E-state index >= 15 is 0 Å². The first-order chi connectivity index (χ1) is 4.31. The lowest BCUT2D eigenvalue weighted by Crippen LogP contribution is -2.23. The molecule has 3 heteroatoms. The summed E-state index contributed by atoms with van der Waals surface area (Å²) in [4.78, 5) is 0. The van der Waals surface area contributed by atoms with E-state index < -0.39 is 0 Å². The van der Waals surface area contributed by atoms with E-state index in [2.05, 4.69) is 12.2 Å². The lowest BCUT2D eigenvalue weighted by Gasteiger charge is -2.05. The predicted molar refractivity (Wildman–Crippen MR) is 42.5 cm³/mol. The molecule has 0 aromatic carbocycles. The van der Waals surface area contributed by atoms with Crippen molar-refractivity contribution in [2.45, 2.75) is 20.3 Å². The fourth-order valence-corrected chi connectivity index (χ4v) is 0.618. The minimum absolute atomic E-state index is 0.513. The molecule has 0 radical (unpaired) electrons. The van der Waals surface area contributed by atoms with E-state index in [1.165, 1.54) is 0 Å². The molecule has 54 valence electrons. The van der Waals surface area contributed by atoms with Gasteiger partial charge in [-0.3, -0.25) is 0 Å². The summed E-state index contributed by atoms with van der Waals surface area (Å²) in [5.41, 5.74) is 0. The molecule has 9 heavy (non-hydrogen) atoms. The second-order valence-electron chi connectivity index (χ2n) is 1.67. The SMILES string of the molecule is CCCOC(=S)NCC. The summed E-state index contributed by atoms with van der Waals surface area (Å²) in [5, 5.41) is 3.40. The first-order valence-corrected chi connectivity index (χ1v) is 3.62. The molecule has 0 aliphatic rings. The summed E-state index contributed by atoms with van der Waals surface area (Å²) in [6, 6.07) is 0. The Balaban J connectivity index is 3.06. The third-order valence-electron chi connectivity index (χ3n) is 0.758. The van der Waals surface area contributed by atoms with Gasteiger partial charge in [-0.05, 0) is 25.6 Å². The van der Waals surface area contributed by atoms with E-state index in [-0.39, 0.29) is 0 Å². The fraction of sp³-hybridized carbons (Fsp3) is 0.833. The van der Waals surface area contributed by atoms with Crippen LogP contribution in [0.1, 0.15) is 20.3 Å². The number of hydrogen-bond acceptors (Lipinski definition) is 2. The van der Waals surface area contributed by atoms with Gasteiger partial charge in [0.25, 0.3) is 5.17 Å². The van der Waals surface area contributed by atoms with Gasteiger partial charge in [0.2, 0.25) is 0 Å². The van der Waals surface area contributed by atoms with Gasteiger partial charge in [0.05, 0.1) is 6.61 Å². The van der Waals surface area contributed by atoms with Crippen molar-refractivity contribution in [3.05, 3.63) is 0 Å². The van der Waals surface area contributed by atoms with Crippen LogP contribution in [0, 0.1) is 0 Å². The Hall–Kier alpha value is -0.310. The van der Waals surface area contributed by atoms with E-state index in [0.29, 0.717) is 11.8 Å². The molecule has 0 heterocycles. The van der Waals surface area contributed by atoms with Gasteiger partial charge < -0.3 is 10.1 Å². The second-order valence-corrected chi connectivity index (χ2v) is 2.04. The molecule has 0 aliphatic carbocycles. The Morgan fingerprint density at radius 3 is 2.67 bits per heavy atom. The third kappa shape index (κ3) is 5.56. The molecule has 0 rings (SSSR count). The fourth-order valence-electron chi connectivity index (χ4n) is 0.390. The normalized spacial score (nSPS) is 8.67. The number of ether oxygens (including phenoxy) is 1. The maximum atomic E-state index is 5.05. The molecule has 0 spiro atoms. The highest BCUT2D eigenvalue weighted by molar-refractivity contribution is 7.80. The van der Waals surface area contributed by atoms with E-state index in [4.69, 9.17) is 17.0 Å². The smallest absolute Gasteiger partial charge is 0.256 e. The zero-order chi connectivity index (χ0) is 7.11. The number of thiocarbonyl (C=S) groups is 1. The topological polar surface area (TPSA) is 21.3 Å². The maximum Gasteiger partial charge on any atom is 0.256 e. The predicted octanol–water partition coefficient (Wildman–Crippen LogP) is 1.31. The van der Waals surface area contributed by atoms with Crippen molar-refractivity contribution in [1.29, 1.82) is 0 Å². The van der Waals surface area contributed by atoms with Crippen LogP contribution in [0.3, 0.4) is 0 Å². The van der Waals surface area contributed by atoms with Crippen molar-refractivity contribution in [3.63, 3.8) is 0 Å². The van der Waals surface area contributed by atoms with Crippen LogP contribution >= 0.6 is 12.2 Å². The highest BCUT2D eigenvalue weighted by Crippen LogP contribution is 1.81.